The van der Waals surface area contributed by atoms with E-state index in [-0.39, 0.29) is 11.9 Å². The van der Waals surface area contributed by atoms with Crippen LogP contribution in [0.1, 0.15) is 63.6 Å². The van der Waals surface area contributed by atoms with Gasteiger partial charge in [-0.1, -0.05) is 22.0 Å². The Hall–Kier alpha value is -2.07. The molecule has 0 saturated heterocycles. The van der Waals surface area contributed by atoms with E-state index >= 15 is 0 Å². The van der Waals surface area contributed by atoms with Gasteiger partial charge in [-0.3, -0.25) is 15.0 Å². The molecular weight excluding hydrogens is 500 g/mol. The molecule has 0 aromatic heterocycles. The van der Waals surface area contributed by atoms with Crippen LogP contribution in [-0.2, 0) is 20.7 Å². The molecule has 0 bridgehead atoms. The monoisotopic (exact) mass is 529 g/mol. The Morgan fingerprint density at radius 2 is 1.94 bits per heavy atom. The third-order valence-electron chi connectivity index (χ3n) is 5.75. The number of likely N-dealkylation sites (N-methyl/N-ethyl adjacent to an activating group) is 1. The first-order chi connectivity index (χ1) is 15.4. The highest BCUT2D eigenvalue weighted by atomic mass is 79.9. The molecule has 182 valence electrons. The SMILES string of the molecule is CN1C(=O)C(c2cc(Br)ccc2C[C@H]2CC[C@@H](OC(F)F)CC2)N=C1NC(=O)OC(C)(C)C. The van der Waals surface area contributed by atoms with Crippen molar-refractivity contribution in [2.45, 2.75) is 77.2 Å². The molecule has 0 radical (unpaired) electrons. The maximum Gasteiger partial charge on any atom is 0.414 e. The molecule has 2 amide bonds. The predicted octanol–water partition coefficient (Wildman–Crippen LogP) is 5.18. The number of nitrogens with zero attached hydrogens (tertiary/aromatic N) is 2. The van der Waals surface area contributed by atoms with Gasteiger partial charge >= 0.3 is 12.7 Å². The standard InChI is InChI=1S/C23H30BrF2N3O4/c1-23(2,3)33-22(31)28-21-27-18(19(30)29(21)4)17-12-15(24)8-7-14(17)11-13-5-9-16(10-6-13)32-20(25)26/h7-8,12-13,16,18,20H,5-6,9-11H2,1-4H3,(H,27,28,31)/t13-,16+,18?. The number of guanidine groups is 1. The zero-order valence-electron chi connectivity index (χ0n) is 19.2. The van der Waals surface area contributed by atoms with E-state index in [0.717, 1.165) is 28.4 Å². The van der Waals surface area contributed by atoms with E-state index in [9.17, 15) is 18.4 Å². The highest BCUT2D eigenvalue weighted by Crippen LogP contribution is 2.35. The number of halogens is 3. The van der Waals surface area contributed by atoms with E-state index in [1.54, 1.807) is 27.8 Å². The first kappa shape index (κ1) is 25.6. The minimum absolute atomic E-state index is 0.134. The van der Waals surface area contributed by atoms with Crippen LogP contribution in [0.5, 0.6) is 0 Å². The molecule has 0 spiro atoms. The number of ether oxygens (including phenoxy) is 2. The van der Waals surface area contributed by atoms with Crippen LogP contribution in [-0.4, -0.2) is 48.2 Å². The molecule has 1 aromatic carbocycles. The van der Waals surface area contributed by atoms with Gasteiger partial charge in [0.2, 0.25) is 5.96 Å². The summed E-state index contributed by atoms with van der Waals surface area (Å²) >= 11 is 3.47. The minimum atomic E-state index is -2.74. The van der Waals surface area contributed by atoms with Gasteiger partial charge in [-0.2, -0.15) is 8.78 Å². The Morgan fingerprint density at radius 3 is 2.55 bits per heavy atom. The van der Waals surface area contributed by atoms with Gasteiger partial charge in [0, 0.05) is 11.5 Å². The molecule has 1 aliphatic carbocycles. The smallest absolute Gasteiger partial charge is 0.414 e. The van der Waals surface area contributed by atoms with Crippen LogP contribution in [0.4, 0.5) is 13.6 Å². The van der Waals surface area contributed by atoms with Gasteiger partial charge in [-0.15, -0.1) is 0 Å². The summed E-state index contributed by atoms with van der Waals surface area (Å²) in [5.41, 5.74) is 1.06. The largest absolute Gasteiger partial charge is 0.444 e. The molecule has 1 N–H and O–H groups in total. The lowest BCUT2D eigenvalue weighted by Gasteiger charge is -2.29. The van der Waals surface area contributed by atoms with Crippen molar-refractivity contribution in [2.24, 2.45) is 10.9 Å². The molecule has 1 saturated carbocycles. The summed E-state index contributed by atoms with van der Waals surface area (Å²) in [6.45, 7) is 2.52. The Bertz CT molecular complexity index is 911. The predicted molar refractivity (Wildman–Crippen MR) is 123 cm³/mol. The summed E-state index contributed by atoms with van der Waals surface area (Å²) in [6, 6.07) is 4.96. The molecular formula is C23H30BrF2N3O4. The molecule has 33 heavy (non-hydrogen) atoms. The summed E-state index contributed by atoms with van der Waals surface area (Å²) in [6.07, 6.45) is 2.37. The van der Waals surface area contributed by atoms with Gasteiger partial charge in [0.1, 0.15) is 5.60 Å². The first-order valence-corrected chi connectivity index (χ1v) is 11.8. The van der Waals surface area contributed by atoms with Gasteiger partial charge < -0.3 is 9.47 Å². The lowest BCUT2D eigenvalue weighted by atomic mass is 9.82. The van der Waals surface area contributed by atoms with Crippen LogP contribution in [0.3, 0.4) is 0 Å². The maximum absolute atomic E-state index is 13.0. The average molecular weight is 530 g/mol. The van der Waals surface area contributed by atoms with Crippen LogP contribution < -0.4 is 5.32 Å². The highest BCUT2D eigenvalue weighted by molar-refractivity contribution is 9.10. The fourth-order valence-corrected chi connectivity index (χ4v) is 4.58. The lowest BCUT2D eigenvalue weighted by molar-refractivity contribution is -0.171. The number of aliphatic imine (C=N–C) groups is 1. The number of alkyl halides is 2. The van der Waals surface area contributed by atoms with Gasteiger partial charge in [0.25, 0.3) is 5.91 Å². The minimum Gasteiger partial charge on any atom is -0.444 e. The van der Waals surface area contributed by atoms with Crippen molar-refractivity contribution in [3.05, 3.63) is 33.8 Å². The molecule has 1 heterocycles. The number of carbonyl (C=O) groups excluding carboxylic acids is 2. The van der Waals surface area contributed by atoms with Gasteiger partial charge in [-0.25, -0.2) is 9.79 Å². The topological polar surface area (TPSA) is 80.2 Å². The lowest BCUT2D eigenvalue weighted by Crippen LogP contribution is -2.43. The van der Waals surface area contributed by atoms with Crippen molar-refractivity contribution in [3.63, 3.8) is 0 Å². The molecule has 2 aliphatic rings. The highest BCUT2D eigenvalue weighted by Gasteiger charge is 2.36. The van der Waals surface area contributed by atoms with Crippen molar-refractivity contribution in [3.8, 4) is 0 Å². The number of amides is 2. The van der Waals surface area contributed by atoms with E-state index in [0.29, 0.717) is 25.2 Å². The van der Waals surface area contributed by atoms with E-state index in [1.807, 2.05) is 18.2 Å². The van der Waals surface area contributed by atoms with Gasteiger partial charge in [-0.05, 0) is 82.1 Å². The van der Waals surface area contributed by atoms with Gasteiger partial charge in [0.15, 0.2) is 6.04 Å². The summed E-state index contributed by atoms with van der Waals surface area (Å²) in [4.78, 5) is 31.0. The average Bonchev–Trinajstić information content (AvgIpc) is 2.97. The molecule has 1 atom stereocenters. The normalized spacial score (nSPS) is 23.6. The summed E-state index contributed by atoms with van der Waals surface area (Å²) in [7, 11) is 1.56. The number of hydrogen-bond acceptors (Lipinski definition) is 5. The summed E-state index contributed by atoms with van der Waals surface area (Å²) < 4.78 is 35.7. The van der Waals surface area contributed by atoms with Crippen LogP contribution in [0.25, 0.3) is 0 Å². The number of nitrogens with one attached hydrogen (secondary N) is 1. The van der Waals surface area contributed by atoms with E-state index in [2.05, 4.69) is 31.0 Å². The third kappa shape index (κ3) is 6.96. The Balaban J connectivity index is 1.75. The third-order valence-corrected chi connectivity index (χ3v) is 6.24. The number of carbonyl (C=O) groups is 2. The first-order valence-electron chi connectivity index (χ1n) is 11.0. The van der Waals surface area contributed by atoms with Crippen LogP contribution in [0.2, 0.25) is 0 Å². The van der Waals surface area contributed by atoms with Crippen LogP contribution >= 0.6 is 15.9 Å². The molecule has 3 rings (SSSR count). The van der Waals surface area contributed by atoms with Crippen LogP contribution in [0.15, 0.2) is 27.7 Å². The number of alkyl carbamates (subject to hydrolysis) is 1. The van der Waals surface area contributed by atoms with Crippen molar-refractivity contribution >= 4 is 33.9 Å². The quantitative estimate of drug-likeness (QED) is 0.569. The molecule has 7 nitrogen and oxygen atoms in total. The summed E-state index contributed by atoms with van der Waals surface area (Å²) in [5.74, 6) is 0.185. The fourth-order valence-electron chi connectivity index (χ4n) is 4.20. The molecule has 1 fully saturated rings. The molecule has 10 heteroatoms. The second-order valence-electron chi connectivity index (χ2n) is 9.47. The summed E-state index contributed by atoms with van der Waals surface area (Å²) in [5, 5.41) is 2.56. The number of rotatable bonds is 5. The molecule has 1 unspecified atom stereocenters. The van der Waals surface area contributed by atoms with Crippen LogP contribution in [0, 0.1) is 5.92 Å². The number of hydrogen-bond donors (Lipinski definition) is 1. The van der Waals surface area contributed by atoms with Crippen molar-refractivity contribution < 1.29 is 27.8 Å². The van der Waals surface area contributed by atoms with Crippen molar-refractivity contribution in [2.75, 3.05) is 7.05 Å². The second kappa shape index (κ2) is 10.5. The molecule has 1 aliphatic heterocycles. The van der Waals surface area contributed by atoms with E-state index in [1.165, 1.54) is 4.90 Å². The maximum atomic E-state index is 13.0. The van der Waals surface area contributed by atoms with Crippen molar-refractivity contribution in [1.82, 2.24) is 10.2 Å². The van der Waals surface area contributed by atoms with E-state index < -0.39 is 30.5 Å². The fraction of sp³-hybridized carbons (Fsp3) is 0.609. The molecule has 1 aromatic rings. The Morgan fingerprint density at radius 1 is 1.27 bits per heavy atom. The Labute approximate surface area is 201 Å². The second-order valence-corrected chi connectivity index (χ2v) is 10.4. The number of benzene rings is 1. The zero-order chi connectivity index (χ0) is 24.3. The zero-order valence-corrected chi connectivity index (χ0v) is 20.8. The van der Waals surface area contributed by atoms with Gasteiger partial charge in [0.05, 0.1) is 6.10 Å². The van der Waals surface area contributed by atoms with E-state index in [4.69, 9.17) is 4.74 Å². The Kier molecular flexibility index (Phi) is 8.10. The van der Waals surface area contributed by atoms with Crippen molar-refractivity contribution in [1.29, 1.82) is 0 Å².